The van der Waals surface area contributed by atoms with E-state index < -0.39 is 24.8 Å². The van der Waals surface area contributed by atoms with E-state index in [4.69, 9.17) is 0 Å². The molecule has 0 aromatic heterocycles. The van der Waals surface area contributed by atoms with Gasteiger partial charge in [0.05, 0.1) is 0 Å². The van der Waals surface area contributed by atoms with E-state index in [9.17, 15) is 19.8 Å². The second kappa shape index (κ2) is 8.52. The fraction of sp³-hybridized carbons (Fsp3) is 0.500. The van der Waals surface area contributed by atoms with Crippen LogP contribution in [-0.2, 0) is 29.1 Å². The molecular formula is C4H6O5Zn. The molecule has 10 heavy (non-hydrogen) atoms. The fourth-order valence-electron chi connectivity index (χ4n) is 0.204. The smallest absolute Gasteiger partial charge is 0.550 e. The standard InChI is InChI=1S/C4H6O4.H2O.Zn/c5-3(6)1-2-4(7)8;;/h1-2H2,(H,5,6)(H,7,8);1H2;/q;;+2/p-2. The predicted molar refractivity (Wildman–Crippen MR) is 22.9 cm³/mol. The Morgan fingerprint density at radius 1 is 1.00 bits per heavy atom. The molecule has 54 valence electrons. The molecule has 0 aliphatic carbocycles. The van der Waals surface area contributed by atoms with Crippen LogP contribution in [0.2, 0.25) is 0 Å². The molecule has 0 radical (unpaired) electrons. The Bertz CT molecular complexity index is 98.2. The van der Waals surface area contributed by atoms with Crippen molar-refractivity contribution in [1.82, 2.24) is 0 Å². The van der Waals surface area contributed by atoms with E-state index >= 15 is 0 Å². The average molecular weight is 199 g/mol. The second-order valence-corrected chi connectivity index (χ2v) is 1.24. The van der Waals surface area contributed by atoms with Crippen LogP contribution in [0.4, 0.5) is 0 Å². The Hall–Kier alpha value is -0.477. The molecule has 0 aliphatic rings. The number of aliphatic carboxylic acids is 2. The molecule has 0 rings (SSSR count). The third-order valence-electron chi connectivity index (χ3n) is 0.533. The molecule has 0 spiro atoms. The van der Waals surface area contributed by atoms with E-state index in [1.807, 2.05) is 0 Å². The minimum Gasteiger partial charge on any atom is -0.550 e. The van der Waals surface area contributed by atoms with Gasteiger partial charge in [-0.15, -0.1) is 0 Å². The molecule has 0 heterocycles. The first-order chi connectivity index (χ1) is 3.63. The van der Waals surface area contributed by atoms with Crippen LogP contribution >= 0.6 is 0 Å². The summed E-state index contributed by atoms with van der Waals surface area (Å²) < 4.78 is 0. The van der Waals surface area contributed by atoms with E-state index in [2.05, 4.69) is 0 Å². The van der Waals surface area contributed by atoms with Gasteiger partial charge in [0.25, 0.3) is 0 Å². The van der Waals surface area contributed by atoms with Crippen LogP contribution in [-0.4, -0.2) is 17.4 Å². The van der Waals surface area contributed by atoms with Gasteiger partial charge in [0, 0.05) is 11.9 Å². The molecule has 2 N–H and O–H groups in total. The van der Waals surface area contributed by atoms with Crippen molar-refractivity contribution in [3.8, 4) is 0 Å². The molecule has 5 nitrogen and oxygen atoms in total. The molecule has 0 atom stereocenters. The normalized spacial score (nSPS) is 6.80. The van der Waals surface area contributed by atoms with Crippen molar-refractivity contribution < 1.29 is 44.8 Å². The molecule has 0 bridgehead atoms. The van der Waals surface area contributed by atoms with E-state index in [1.54, 1.807) is 0 Å². The van der Waals surface area contributed by atoms with E-state index in [-0.39, 0.29) is 25.0 Å². The zero-order valence-electron chi connectivity index (χ0n) is 5.25. The molecule has 6 heteroatoms. The first-order valence-electron chi connectivity index (χ1n) is 2.02. The Balaban J connectivity index is -0.000000245. The maximum absolute atomic E-state index is 9.50. The molecule has 0 aromatic carbocycles. The number of hydrogen-bond acceptors (Lipinski definition) is 4. The number of rotatable bonds is 3. The first kappa shape index (κ1) is 16.3. The number of hydrogen-bond donors (Lipinski definition) is 0. The summed E-state index contributed by atoms with van der Waals surface area (Å²) in [5.74, 6) is -2.73. The zero-order chi connectivity index (χ0) is 6.57. The third kappa shape index (κ3) is 15.6. The van der Waals surface area contributed by atoms with Gasteiger partial charge in [-0.3, -0.25) is 0 Å². The minimum atomic E-state index is -1.37. The van der Waals surface area contributed by atoms with Crippen molar-refractivity contribution in [3.63, 3.8) is 0 Å². The molecule has 0 aromatic rings. The first-order valence-corrected chi connectivity index (χ1v) is 2.02. The third-order valence-corrected chi connectivity index (χ3v) is 0.533. The van der Waals surface area contributed by atoms with Crippen LogP contribution in [0.5, 0.6) is 0 Å². The van der Waals surface area contributed by atoms with Gasteiger partial charge in [0.1, 0.15) is 0 Å². The van der Waals surface area contributed by atoms with Gasteiger partial charge in [-0.25, -0.2) is 0 Å². The maximum Gasteiger partial charge on any atom is 2.00 e. The Morgan fingerprint density at radius 2 is 1.20 bits per heavy atom. The van der Waals surface area contributed by atoms with Crippen molar-refractivity contribution in [2.24, 2.45) is 0 Å². The fourth-order valence-corrected chi connectivity index (χ4v) is 0.204. The molecule has 0 unspecified atom stereocenters. The maximum atomic E-state index is 9.50. The van der Waals surface area contributed by atoms with Crippen molar-refractivity contribution >= 4 is 11.9 Å². The summed E-state index contributed by atoms with van der Waals surface area (Å²) in [4.78, 5) is 19.0. The number of carbonyl (C=O) groups is 2. The topological polar surface area (TPSA) is 112 Å². The van der Waals surface area contributed by atoms with Gasteiger partial charge < -0.3 is 25.3 Å². The van der Waals surface area contributed by atoms with Gasteiger partial charge in [-0.1, -0.05) is 0 Å². The Labute approximate surface area is 70.1 Å². The Kier molecular flexibility index (Phi) is 13.9. The summed E-state index contributed by atoms with van der Waals surface area (Å²) in [7, 11) is 0. The van der Waals surface area contributed by atoms with Crippen molar-refractivity contribution in [1.29, 1.82) is 0 Å². The van der Waals surface area contributed by atoms with Gasteiger partial charge in [0.2, 0.25) is 0 Å². The SMILES string of the molecule is O.O=C([O-])CCC(=O)[O-].[Zn+2]. The van der Waals surface area contributed by atoms with Crippen LogP contribution in [0.15, 0.2) is 0 Å². The van der Waals surface area contributed by atoms with Gasteiger partial charge >= 0.3 is 19.5 Å². The van der Waals surface area contributed by atoms with Crippen molar-refractivity contribution in [3.05, 3.63) is 0 Å². The van der Waals surface area contributed by atoms with E-state index in [0.717, 1.165) is 0 Å². The molecule has 0 saturated heterocycles. The van der Waals surface area contributed by atoms with Gasteiger partial charge in [0.15, 0.2) is 0 Å². The molecular weight excluding hydrogens is 193 g/mol. The van der Waals surface area contributed by atoms with Crippen LogP contribution in [0.1, 0.15) is 12.8 Å². The summed E-state index contributed by atoms with van der Waals surface area (Å²) >= 11 is 0. The minimum absolute atomic E-state index is 0. The Morgan fingerprint density at radius 3 is 1.30 bits per heavy atom. The largest absolute Gasteiger partial charge is 2.00 e. The summed E-state index contributed by atoms with van der Waals surface area (Å²) in [6, 6.07) is 0. The number of carboxylic acid groups (broad SMARTS) is 2. The predicted octanol–water partition coefficient (Wildman–Crippen LogP) is -3.56. The van der Waals surface area contributed by atoms with Crippen molar-refractivity contribution in [2.75, 3.05) is 0 Å². The molecule has 0 amide bonds. The molecule has 0 aliphatic heterocycles. The van der Waals surface area contributed by atoms with Crippen LogP contribution < -0.4 is 10.2 Å². The monoisotopic (exact) mass is 198 g/mol. The summed E-state index contributed by atoms with van der Waals surface area (Å²) in [5.41, 5.74) is 0. The number of carboxylic acids is 2. The number of carbonyl (C=O) groups excluding carboxylic acids is 2. The average Bonchev–Trinajstić information content (AvgIpc) is 1.61. The van der Waals surface area contributed by atoms with E-state index in [0.29, 0.717) is 0 Å². The molecule has 0 fully saturated rings. The summed E-state index contributed by atoms with van der Waals surface area (Å²) in [5, 5.41) is 19.0. The van der Waals surface area contributed by atoms with Gasteiger partial charge in [-0.05, 0) is 12.8 Å². The summed E-state index contributed by atoms with van der Waals surface area (Å²) in [6.07, 6.45) is -0.940. The van der Waals surface area contributed by atoms with Crippen LogP contribution in [0.25, 0.3) is 0 Å². The summed E-state index contributed by atoms with van der Waals surface area (Å²) in [6.45, 7) is 0. The zero-order valence-corrected chi connectivity index (χ0v) is 8.22. The van der Waals surface area contributed by atoms with Crippen molar-refractivity contribution in [2.45, 2.75) is 12.8 Å². The molecule has 0 saturated carbocycles. The van der Waals surface area contributed by atoms with Crippen LogP contribution in [0, 0.1) is 0 Å². The van der Waals surface area contributed by atoms with E-state index in [1.165, 1.54) is 0 Å². The quantitative estimate of drug-likeness (QED) is 0.438. The second-order valence-electron chi connectivity index (χ2n) is 1.24. The van der Waals surface area contributed by atoms with Crippen LogP contribution in [0.3, 0.4) is 0 Å². The van der Waals surface area contributed by atoms with Gasteiger partial charge in [-0.2, -0.15) is 0 Å².